The van der Waals surface area contributed by atoms with Crippen LogP contribution in [0.2, 0.25) is 0 Å². The SMILES string of the molecule is CC(C)C[C@@H]1NC(=O)[C@H](C)N(C)C(=O)C[C@@H](C(=O)N2CCCCC2)NC(=O)[C@H](CC(C)C)N(C)C(=O)CN(C)C(=O)[C@H](CCCCO)NC(=O)[C@H](CC(C)C)N(C)C(=O)[C@H](Cc2ccccc2)N(C)C(=O)[C@H](CC(C)C)NC(=O)[C@H](Cc2ccccc2)N(C)C(=O)[C@H](CC(C)C)N(C)C1=O. The fraction of sp³-hybridized carbons (Fsp3) is 0.680. The van der Waals surface area contributed by atoms with Gasteiger partial charge in [-0.25, -0.2) is 0 Å². The number of aliphatic hydroxyl groups is 1. The van der Waals surface area contributed by atoms with E-state index in [0.717, 1.165) is 16.2 Å². The number of benzene rings is 2. The number of carbonyl (C=O) groups excluding carboxylic acids is 12. The van der Waals surface area contributed by atoms with E-state index in [9.17, 15) is 33.9 Å². The number of rotatable bonds is 19. The van der Waals surface area contributed by atoms with Crippen molar-refractivity contribution in [1.82, 2.24) is 60.5 Å². The van der Waals surface area contributed by atoms with Gasteiger partial charge in [0.1, 0.15) is 60.4 Å². The van der Waals surface area contributed by atoms with Gasteiger partial charge in [-0.3, -0.25) is 57.5 Å². The number of hydrogen-bond acceptors (Lipinski definition) is 13. The summed E-state index contributed by atoms with van der Waals surface area (Å²) in [5, 5.41) is 21.5. The molecule has 0 unspecified atom stereocenters. The van der Waals surface area contributed by atoms with Crippen LogP contribution in [0, 0.1) is 29.6 Å². The fourth-order valence-corrected chi connectivity index (χ4v) is 13.0. The maximum absolute atomic E-state index is 15.6. The largest absolute Gasteiger partial charge is 0.396 e. The van der Waals surface area contributed by atoms with Crippen LogP contribution in [0.1, 0.15) is 164 Å². The number of carbonyl (C=O) groups is 12. The molecular formula is C75H120N12O13. The highest BCUT2D eigenvalue weighted by molar-refractivity contribution is 6.00. The highest BCUT2D eigenvalue weighted by Crippen LogP contribution is 2.24. The first kappa shape index (κ1) is 84.5. The Bertz CT molecular complexity index is 3050. The van der Waals surface area contributed by atoms with E-state index in [1.165, 1.54) is 80.8 Å². The van der Waals surface area contributed by atoms with Crippen molar-refractivity contribution in [2.24, 2.45) is 29.6 Å². The Labute approximate surface area is 594 Å². The zero-order valence-corrected chi connectivity index (χ0v) is 63.1. The van der Waals surface area contributed by atoms with E-state index in [0.29, 0.717) is 37.1 Å². The van der Waals surface area contributed by atoms with Crippen molar-refractivity contribution in [1.29, 1.82) is 0 Å². The van der Waals surface area contributed by atoms with Crippen molar-refractivity contribution in [2.45, 2.75) is 226 Å². The zero-order valence-electron chi connectivity index (χ0n) is 63.1. The van der Waals surface area contributed by atoms with Gasteiger partial charge in [0.15, 0.2) is 0 Å². The summed E-state index contributed by atoms with van der Waals surface area (Å²) in [6.45, 7) is 20.1. The molecule has 25 nitrogen and oxygen atoms in total. The Morgan fingerprint density at radius 2 is 0.830 bits per heavy atom. The van der Waals surface area contributed by atoms with Crippen molar-refractivity contribution in [3.8, 4) is 0 Å². The third kappa shape index (κ3) is 25.0. The second-order valence-electron chi connectivity index (χ2n) is 29.8. The molecule has 5 N–H and O–H groups in total. The predicted octanol–water partition coefficient (Wildman–Crippen LogP) is 4.66. The smallest absolute Gasteiger partial charge is 0.246 e. The van der Waals surface area contributed by atoms with Crippen LogP contribution in [0.4, 0.5) is 0 Å². The number of unbranched alkanes of at least 4 members (excludes halogenated alkanes) is 1. The van der Waals surface area contributed by atoms with Gasteiger partial charge in [0.25, 0.3) is 0 Å². The molecule has 10 atom stereocenters. The highest BCUT2D eigenvalue weighted by Gasteiger charge is 2.44. The van der Waals surface area contributed by atoms with Gasteiger partial charge in [-0.2, -0.15) is 0 Å². The van der Waals surface area contributed by atoms with E-state index >= 15 is 28.8 Å². The molecule has 12 amide bonds. The van der Waals surface area contributed by atoms with Crippen molar-refractivity contribution in [3.63, 3.8) is 0 Å². The molecule has 0 saturated carbocycles. The minimum absolute atomic E-state index is 0.0212. The minimum atomic E-state index is -1.45. The third-order valence-corrected chi connectivity index (χ3v) is 19.1. The Morgan fingerprint density at radius 3 is 1.32 bits per heavy atom. The fourth-order valence-electron chi connectivity index (χ4n) is 13.0. The summed E-state index contributed by atoms with van der Waals surface area (Å²) in [4.78, 5) is 190. The summed E-state index contributed by atoms with van der Waals surface area (Å²) >= 11 is 0. The second-order valence-corrected chi connectivity index (χ2v) is 29.8. The number of nitrogens with one attached hydrogen (secondary N) is 4. The predicted molar refractivity (Wildman–Crippen MR) is 384 cm³/mol. The summed E-state index contributed by atoms with van der Waals surface area (Å²) in [5.41, 5.74) is 1.36. The molecule has 25 heteroatoms. The van der Waals surface area contributed by atoms with Gasteiger partial charge < -0.3 is 65.6 Å². The average molecular weight is 1400 g/mol. The number of nitrogens with zero attached hydrogens (tertiary/aromatic N) is 8. The first-order valence-corrected chi connectivity index (χ1v) is 36.0. The number of piperidine rings is 1. The van der Waals surface area contributed by atoms with Gasteiger partial charge in [0, 0.05) is 81.9 Å². The zero-order chi connectivity index (χ0) is 75.0. The van der Waals surface area contributed by atoms with E-state index < -0.39 is 144 Å². The lowest BCUT2D eigenvalue weighted by Gasteiger charge is -2.38. The molecule has 2 fully saturated rings. The van der Waals surface area contributed by atoms with E-state index in [-0.39, 0.29) is 100 Å². The molecule has 2 heterocycles. The van der Waals surface area contributed by atoms with Crippen LogP contribution in [0.15, 0.2) is 60.7 Å². The maximum atomic E-state index is 15.6. The normalized spacial score (nSPS) is 24.8. The van der Waals surface area contributed by atoms with Crippen LogP contribution in [0.3, 0.4) is 0 Å². The second kappa shape index (κ2) is 40.5. The summed E-state index contributed by atoms with van der Waals surface area (Å²) in [6.07, 6.45) is 2.72. The lowest BCUT2D eigenvalue weighted by molar-refractivity contribution is -0.151. The minimum Gasteiger partial charge on any atom is -0.396 e. The number of likely N-dealkylation sites (tertiary alicyclic amines) is 1. The first-order valence-electron chi connectivity index (χ1n) is 36.0. The molecule has 0 aliphatic carbocycles. The van der Waals surface area contributed by atoms with E-state index in [1.807, 2.05) is 93.5 Å². The van der Waals surface area contributed by atoms with Crippen LogP contribution in [0.25, 0.3) is 0 Å². The van der Waals surface area contributed by atoms with Crippen molar-refractivity contribution >= 4 is 70.9 Å². The lowest BCUT2D eigenvalue weighted by atomic mass is 9.96. The van der Waals surface area contributed by atoms with Gasteiger partial charge in [-0.15, -0.1) is 0 Å². The molecule has 0 aromatic heterocycles. The summed E-state index contributed by atoms with van der Waals surface area (Å²) < 4.78 is 0. The van der Waals surface area contributed by atoms with Gasteiger partial charge in [0.2, 0.25) is 70.9 Å². The topological polar surface area (TPSA) is 299 Å². The summed E-state index contributed by atoms with van der Waals surface area (Å²) in [5.74, 6) is -8.89. The van der Waals surface area contributed by atoms with Crippen molar-refractivity contribution in [2.75, 3.05) is 75.6 Å². The molecule has 558 valence electrons. The van der Waals surface area contributed by atoms with Crippen LogP contribution in [0.5, 0.6) is 0 Å². The number of hydrogen-bond donors (Lipinski definition) is 5. The standard InChI is InChI=1S/C75H120N12O13/c1-47(2)38-56-71(96)85(17)62(42-51(9)10)74(99)84(16)61(43-53-30-22-19-23-31-53)69(94)78-57(39-48(3)4)72(97)86(18)63(44-54-32-24-20-25-33-54)75(100)83(15)60(41-50(7)8)68(93)76-55(34-26-29-37-88)70(95)80(12)46-65(90)82(14)59(40-49(5)6)67(92)79-58(73(98)87-35-27-21-28-36-87)45-64(89)81(13)52(11)66(91)77-56/h19-20,22-25,30-33,47-52,55-63,88H,21,26-29,34-46H2,1-18H3,(H,76,93)(H,77,91)(H,78,94)(H,79,92)/t52-,55-,56-,57-,58-,59-,60-,61-,62-,63-/m0/s1. The number of likely N-dealkylation sites (N-methyl/N-ethyl adjacent to an activating group) is 7. The molecule has 2 saturated heterocycles. The first-order chi connectivity index (χ1) is 47.0. The monoisotopic (exact) mass is 1400 g/mol. The molecule has 100 heavy (non-hydrogen) atoms. The Hall–Kier alpha value is -7.96. The maximum Gasteiger partial charge on any atom is 0.246 e. The molecule has 0 bridgehead atoms. The van der Waals surface area contributed by atoms with E-state index in [1.54, 1.807) is 41.3 Å². The van der Waals surface area contributed by atoms with Crippen LogP contribution in [-0.2, 0) is 70.4 Å². The molecule has 0 radical (unpaired) electrons. The summed E-state index contributed by atoms with van der Waals surface area (Å²) in [6, 6.07) is 5.37. The van der Waals surface area contributed by atoms with Crippen LogP contribution in [-0.4, -0.2) is 251 Å². The lowest BCUT2D eigenvalue weighted by Crippen LogP contribution is -2.61. The molecule has 2 aliphatic heterocycles. The number of aliphatic hydroxyl groups excluding tert-OH is 1. The number of amides is 12. The van der Waals surface area contributed by atoms with Crippen LogP contribution < -0.4 is 21.3 Å². The van der Waals surface area contributed by atoms with Crippen molar-refractivity contribution in [3.05, 3.63) is 71.8 Å². The molecule has 0 spiro atoms. The molecule has 4 rings (SSSR count). The van der Waals surface area contributed by atoms with Crippen molar-refractivity contribution < 1.29 is 62.6 Å². The Kier molecular flexibility index (Phi) is 34.2. The van der Waals surface area contributed by atoms with Gasteiger partial charge in [-0.1, -0.05) is 130 Å². The van der Waals surface area contributed by atoms with Gasteiger partial charge >= 0.3 is 0 Å². The quantitative estimate of drug-likeness (QED) is 0.120. The molecule has 2 aliphatic rings. The van der Waals surface area contributed by atoms with Crippen LogP contribution >= 0.6 is 0 Å². The molecule has 2 aromatic carbocycles. The van der Waals surface area contributed by atoms with E-state index in [2.05, 4.69) is 21.3 Å². The third-order valence-electron chi connectivity index (χ3n) is 19.1. The highest BCUT2D eigenvalue weighted by atomic mass is 16.3. The molecular weight excluding hydrogens is 1280 g/mol. The van der Waals surface area contributed by atoms with Gasteiger partial charge in [-0.05, 0) is 118 Å². The Balaban J connectivity index is 1.98. The average Bonchev–Trinajstić information content (AvgIpc) is 0.819. The molecule has 2 aromatic rings. The van der Waals surface area contributed by atoms with E-state index in [4.69, 9.17) is 0 Å². The Morgan fingerprint density at radius 1 is 0.430 bits per heavy atom. The van der Waals surface area contributed by atoms with Gasteiger partial charge in [0.05, 0.1) is 13.0 Å². The summed E-state index contributed by atoms with van der Waals surface area (Å²) in [7, 11) is 10.0.